The molecule has 0 aromatic carbocycles. The predicted molar refractivity (Wildman–Crippen MR) is 72.9 cm³/mol. The van der Waals surface area contributed by atoms with Gasteiger partial charge in [0, 0.05) is 12.0 Å². The predicted octanol–water partition coefficient (Wildman–Crippen LogP) is 2.99. The van der Waals surface area contributed by atoms with Gasteiger partial charge in [0.15, 0.2) is 0 Å². The highest BCUT2D eigenvalue weighted by molar-refractivity contribution is 5.84. The summed E-state index contributed by atoms with van der Waals surface area (Å²) in [6.07, 6.45) is -0.512. The van der Waals surface area contributed by atoms with Gasteiger partial charge in [-0.3, -0.25) is 0 Å². The van der Waals surface area contributed by atoms with Crippen LogP contribution < -0.4 is 5.32 Å². The van der Waals surface area contributed by atoms with Gasteiger partial charge in [0.25, 0.3) is 0 Å². The quantitative estimate of drug-likeness (QED) is 0.886. The molecule has 1 amide bonds. The number of hydrogen-bond donors (Lipinski definition) is 2. The number of nitrogens with one attached hydrogen (secondary N) is 1. The van der Waals surface area contributed by atoms with Crippen molar-refractivity contribution in [1.82, 2.24) is 5.32 Å². The number of carboxylic acid groups (broad SMARTS) is 1. The summed E-state index contributed by atoms with van der Waals surface area (Å²) < 4.78 is 10.4. The summed E-state index contributed by atoms with van der Waals surface area (Å²) in [5.74, 6) is -0.894. The fourth-order valence-corrected chi connectivity index (χ4v) is 1.58. The van der Waals surface area contributed by atoms with E-state index in [1.165, 1.54) is 6.07 Å². The molecular formula is C14H21NO5. The van der Waals surface area contributed by atoms with E-state index in [0.29, 0.717) is 5.76 Å². The number of carbonyl (C=O) groups excluding carboxylic acids is 1. The first kappa shape index (κ1) is 16.1. The third-order valence-corrected chi connectivity index (χ3v) is 2.78. The number of ether oxygens (including phenoxy) is 1. The summed E-state index contributed by atoms with van der Waals surface area (Å²) in [5.41, 5.74) is -0.561. The Bertz CT molecular complexity index is 486. The van der Waals surface area contributed by atoms with Crippen LogP contribution in [0.25, 0.3) is 0 Å². The Kier molecular flexibility index (Phi) is 4.81. The molecule has 1 aromatic heterocycles. The van der Waals surface area contributed by atoms with Crippen molar-refractivity contribution in [3.05, 3.63) is 23.7 Å². The Hall–Kier alpha value is -1.98. The third-order valence-electron chi connectivity index (χ3n) is 2.78. The van der Waals surface area contributed by atoms with Gasteiger partial charge < -0.3 is 19.6 Å². The zero-order chi connectivity index (χ0) is 15.5. The van der Waals surface area contributed by atoms with Crippen molar-refractivity contribution in [3.8, 4) is 0 Å². The molecule has 1 aromatic rings. The van der Waals surface area contributed by atoms with Gasteiger partial charge in [0.1, 0.15) is 11.4 Å². The molecule has 0 saturated carbocycles. The van der Waals surface area contributed by atoms with Crippen molar-refractivity contribution >= 4 is 12.1 Å². The normalized spacial score (nSPS) is 14.4. The van der Waals surface area contributed by atoms with E-state index < -0.39 is 17.7 Å². The monoisotopic (exact) mass is 283 g/mol. The molecule has 2 atom stereocenters. The number of rotatable bonds is 4. The van der Waals surface area contributed by atoms with Crippen molar-refractivity contribution in [2.75, 3.05) is 0 Å². The van der Waals surface area contributed by atoms with Crippen molar-refractivity contribution in [2.45, 2.75) is 52.2 Å². The van der Waals surface area contributed by atoms with Gasteiger partial charge in [0.2, 0.25) is 5.76 Å². The molecule has 1 heterocycles. The van der Waals surface area contributed by atoms with Crippen LogP contribution in [0, 0.1) is 0 Å². The van der Waals surface area contributed by atoms with E-state index in [1.54, 1.807) is 33.8 Å². The van der Waals surface area contributed by atoms with Crippen molar-refractivity contribution in [2.24, 2.45) is 0 Å². The van der Waals surface area contributed by atoms with Crippen LogP contribution in [-0.4, -0.2) is 28.8 Å². The smallest absolute Gasteiger partial charge is 0.407 e. The summed E-state index contributed by atoms with van der Waals surface area (Å²) in [6.45, 7) is 9.00. The Morgan fingerprint density at radius 2 is 1.90 bits per heavy atom. The molecule has 2 N–H and O–H groups in total. The number of amides is 1. The number of aromatic carboxylic acids is 1. The number of carboxylic acids is 1. The Morgan fingerprint density at radius 1 is 1.30 bits per heavy atom. The Balaban J connectivity index is 2.64. The van der Waals surface area contributed by atoms with E-state index in [0.717, 1.165) is 0 Å². The average Bonchev–Trinajstić information content (AvgIpc) is 2.74. The minimum atomic E-state index is -1.11. The highest BCUT2D eigenvalue weighted by Gasteiger charge is 2.23. The molecule has 0 fully saturated rings. The largest absolute Gasteiger partial charge is 0.475 e. The second-order valence-electron chi connectivity index (χ2n) is 5.73. The minimum Gasteiger partial charge on any atom is -0.475 e. The Morgan fingerprint density at radius 3 is 2.35 bits per heavy atom. The van der Waals surface area contributed by atoms with Gasteiger partial charge in [0.05, 0.1) is 0 Å². The van der Waals surface area contributed by atoms with Crippen molar-refractivity contribution < 1.29 is 23.8 Å². The average molecular weight is 283 g/mol. The van der Waals surface area contributed by atoms with E-state index in [-0.39, 0.29) is 17.7 Å². The zero-order valence-electron chi connectivity index (χ0n) is 12.4. The fraction of sp³-hybridized carbons (Fsp3) is 0.571. The fourth-order valence-electron chi connectivity index (χ4n) is 1.58. The second kappa shape index (κ2) is 5.98. The maximum Gasteiger partial charge on any atom is 0.407 e. The highest BCUT2D eigenvalue weighted by atomic mass is 16.6. The molecule has 1 rings (SSSR count). The molecule has 0 aliphatic carbocycles. The first-order chi connectivity index (χ1) is 9.10. The highest BCUT2D eigenvalue weighted by Crippen LogP contribution is 2.22. The van der Waals surface area contributed by atoms with Gasteiger partial charge in [-0.05, 0) is 39.8 Å². The maximum atomic E-state index is 11.7. The molecule has 0 radical (unpaired) electrons. The summed E-state index contributed by atoms with van der Waals surface area (Å²) in [6, 6.07) is 2.74. The van der Waals surface area contributed by atoms with Crippen LogP contribution in [0.4, 0.5) is 4.79 Å². The molecule has 0 aliphatic heterocycles. The third kappa shape index (κ3) is 4.60. The summed E-state index contributed by atoms with van der Waals surface area (Å²) >= 11 is 0. The lowest BCUT2D eigenvalue weighted by molar-refractivity contribution is 0.0498. The molecule has 0 aliphatic rings. The van der Waals surface area contributed by atoms with Crippen LogP contribution in [0.3, 0.4) is 0 Å². The van der Waals surface area contributed by atoms with Crippen LogP contribution in [0.5, 0.6) is 0 Å². The number of carbonyl (C=O) groups is 2. The zero-order valence-corrected chi connectivity index (χ0v) is 12.4. The van der Waals surface area contributed by atoms with Crippen LogP contribution >= 0.6 is 0 Å². The maximum absolute atomic E-state index is 11.7. The number of hydrogen-bond acceptors (Lipinski definition) is 4. The van der Waals surface area contributed by atoms with Gasteiger partial charge in [-0.1, -0.05) is 6.92 Å². The Labute approximate surface area is 118 Å². The number of furan rings is 1. The number of alkyl carbamates (subject to hydrolysis) is 1. The van der Waals surface area contributed by atoms with Gasteiger partial charge in [-0.15, -0.1) is 0 Å². The van der Waals surface area contributed by atoms with Gasteiger partial charge in [-0.25, -0.2) is 9.59 Å². The molecule has 20 heavy (non-hydrogen) atoms. The molecule has 2 unspecified atom stereocenters. The van der Waals surface area contributed by atoms with Crippen LogP contribution in [-0.2, 0) is 4.74 Å². The van der Waals surface area contributed by atoms with Gasteiger partial charge in [-0.2, -0.15) is 0 Å². The molecule has 6 nitrogen and oxygen atoms in total. The molecule has 112 valence electrons. The van der Waals surface area contributed by atoms with Crippen LogP contribution in [0.1, 0.15) is 56.9 Å². The topological polar surface area (TPSA) is 88.8 Å². The lowest BCUT2D eigenvalue weighted by Crippen LogP contribution is -2.39. The van der Waals surface area contributed by atoms with E-state index in [1.807, 2.05) is 6.92 Å². The summed E-state index contributed by atoms with van der Waals surface area (Å²) in [5, 5.41) is 11.5. The first-order valence-electron chi connectivity index (χ1n) is 6.42. The first-order valence-corrected chi connectivity index (χ1v) is 6.42. The minimum absolute atomic E-state index is 0.115. The second-order valence-corrected chi connectivity index (χ2v) is 5.73. The van der Waals surface area contributed by atoms with Crippen molar-refractivity contribution in [3.63, 3.8) is 0 Å². The van der Waals surface area contributed by atoms with E-state index in [9.17, 15) is 9.59 Å². The molecular weight excluding hydrogens is 262 g/mol. The lowest BCUT2D eigenvalue weighted by atomic mass is 10.0. The van der Waals surface area contributed by atoms with E-state index in [4.69, 9.17) is 14.3 Å². The van der Waals surface area contributed by atoms with Crippen LogP contribution in [0.15, 0.2) is 16.5 Å². The van der Waals surface area contributed by atoms with Crippen molar-refractivity contribution in [1.29, 1.82) is 0 Å². The molecule has 0 bridgehead atoms. The molecule has 0 saturated heterocycles. The summed E-state index contributed by atoms with van der Waals surface area (Å²) in [7, 11) is 0. The standard InChI is InChI=1S/C14H21NO5/c1-8(10-6-7-11(19-10)12(16)17)9(2)15-13(18)20-14(3,4)5/h6-9H,1-5H3,(H,15,18)(H,16,17). The summed E-state index contributed by atoms with van der Waals surface area (Å²) in [4.78, 5) is 22.4. The SMILES string of the molecule is CC(NC(=O)OC(C)(C)C)C(C)c1ccc(C(=O)O)o1. The van der Waals surface area contributed by atoms with Gasteiger partial charge >= 0.3 is 12.1 Å². The van der Waals surface area contributed by atoms with E-state index >= 15 is 0 Å². The lowest BCUT2D eigenvalue weighted by Gasteiger charge is -2.24. The van der Waals surface area contributed by atoms with E-state index in [2.05, 4.69) is 5.32 Å². The molecule has 6 heteroatoms. The van der Waals surface area contributed by atoms with Crippen LogP contribution in [0.2, 0.25) is 0 Å². The molecule has 0 spiro atoms.